The first-order chi connectivity index (χ1) is 16.9. The molecule has 0 N–H and O–H groups in total. The second-order valence-electron chi connectivity index (χ2n) is 8.42. The van der Waals surface area contributed by atoms with Crippen molar-refractivity contribution in [2.75, 3.05) is 32.1 Å². The molecule has 0 saturated carbocycles. The first-order valence-electron chi connectivity index (χ1n) is 11.1. The number of methoxy groups -OCH3 is 1. The molecule has 7 nitrogen and oxygen atoms in total. The fraction of sp³-hybridized carbons (Fsp3) is 0.231. The van der Waals surface area contributed by atoms with Crippen molar-refractivity contribution in [3.05, 3.63) is 66.1 Å². The summed E-state index contributed by atoms with van der Waals surface area (Å²) in [6.07, 6.45) is 3.74. The number of benzene rings is 2. The molecule has 1 amide bonds. The van der Waals surface area contributed by atoms with Crippen molar-refractivity contribution >= 4 is 45.0 Å². The van der Waals surface area contributed by atoms with E-state index in [0.29, 0.717) is 34.9 Å². The normalized spacial score (nSPS) is 15.2. The van der Waals surface area contributed by atoms with E-state index in [1.54, 1.807) is 30.3 Å². The summed E-state index contributed by atoms with van der Waals surface area (Å²) in [5.41, 5.74) is 0.847. The Hall–Kier alpha value is -3.78. The molecule has 5 rings (SSSR count). The summed E-state index contributed by atoms with van der Waals surface area (Å²) in [7, 11) is 3.17. The lowest BCUT2D eigenvalue weighted by atomic mass is 10.00. The van der Waals surface area contributed by atoms with Crippen molar-refractivity contribution in [3.63, 3.8) is 0 Å². The number of pyridine rings is 1. The minimum Gasteiger partial charge on any atom is -0.467 e. The number of carbonyl (C=O) groups is 1. The van der Waals surface area contributed by atoms with Gasteiger partial charge in [-0.3, -0.25) is 9.78 Å². The number of hydrogen-bond acceptors (Lipinski definition) is 6. The summed E-state index contributed by atoms with van der Waals surface area (Å²) in [4.78, 5) is 28.9. The Balaban J connectivity index is 1.63. The van der Waals surface area contributed by atoms with E-state index in [-0.39, 0.29) is 29.2 Å². The van der Waals surface area contributed by atoms with E-state index in [0.717, 1.165) is 17.2 Å². The molecule has 35 heavy (non-hydrogen) atoms. The van der Waals surface area contributed by atoms with Crippen LogP contribution < -0.4 is 9.64 Å². The van der Waals surface area contributed by atoms with Gasteiger partial charge in [-0.05, 0) is 23.9 Å². The van der Waals surface area contributed by atoms with Gasteiger partial charge in [0.05, 0.1) is 12.5 Å². The predicted molar refractivity (Wildman–Crippen MR) is 135 cm³/mol. The fourth-order valence-electron chi connectivity index (χ4n) is 4.48. The van der Waals surface area contributed by atoms with Gasteiger partial charge in [0.15, 0.2) is 5.82 Å². The Morgan fingerprint density at radius 3 is 2.77 bits per heavy atom. The lowest BCUT2D eigenvalue weighted by molar-refractivity contribution is -0.125. The van der Waals surface area contributed by atoms with Crippen LogP contribution in [0.1, 0.15) is 6.42 Å². The van der Waals surface area contributed by atoms with Crippen molar-refractivity contribution in [2.45, 2.75) is 12.5 Å². The number of nitrogens with zero attached hydrogens (tertiary/aromatic N) is 5. The summed E-state index contributed by atoms with van der Waals surface area (Å²) in [5.74, 6) is -0.211. The molecule has 1 aliphatic rings. The number of ether oxygens (including phenoxy) is 1. The van der Waals surface area contributed by atoms with Gasteiger partial charge in [-0.1, -0.05) is 48.5 Å². The number of aromatic nitrogens is 3. The molecule has 0 aliphatic carbocycles. The molecule has 2 aromatic heterocycles. The Morgan fingerprint density at radius 1 is 1.31 bits per heavy atom. The van der Waals surface area contributed by atoms with Crippen LogP contribution in [0.15, 0.2) is 55.3 Å². The Labute approximate surface area is 206 Å². The SMILES string of the molecule is C=CC(=O)N(C)CC1CCN1c1nc(OC)nc2c(F)c(-c3cccc4cccc(Cl)c34)ncc12. The van der Waals surface area contributed by atoms with Gasteiger partial charge in [-0.25, -0.2) is 4.39 Å². The molecule has 0 bridgehead atoms. The molecular formula is C26H23ClFN5O2. The third-order valence-electron chi connectivity index (χ3n) is 6.39. The molecule has 178 valence electrons. The average Bonchev–Trinajstić information content (AvgIpc) is 2.86. The van der Waals surface area contributed by atoms with Crippen LogP contribution in [0.3, 0.4) is 0 Å². The molecule has 3 heterocycles. The first kappa shape index (κ1) is 23.0. The smallest absolute Gasteiger partial charge is 0.318 e. The van der Waals surface area contributed by atoms with Gasteiger partial charge in [0.1, 0.15) is 17.0 Å². The highest BCUT2D eigenvalue weighted by molar-refractivity contribution is 6.36. The fourth-order valence-corrected chi connectivity index (χ4v) is 4.77. The van der Waals surface area contributed by atoms with Gasteiger partial charge >= 0.3 is 6.01 Å². The number of anilines is 1. The number of likely N-dealkylation sites (N-methyl/N-ethyl adjacent to an activating group) is 1. The maximum absolute atomic E-state index is 16.0. The third-order valence-corrected chi connectivity index (χ3v) is 6.70. The van der Waals surface area contributed by atoms with Crippen molar-refractivity contribution < 1.29 is 13.9 Å². The molecule has 9 heteroatoms. The number of fused-ring (bicyclic) bond motifs is 2. The van der Waals surface area contributed by atoms with Gasteiger partial charge in [-0.15, -0.1) is 0 Å². The van der Waals surface area contributed by atoms with E-state index in [1.807, 2.05) is 29.2 Å². The minimum atomic E-state index is -0.576. The molecule has 0 spiro atoms. The van der Waals surface area contributed by atoms with Gasteiger partial charge < -0.3 is 14.5 Å². The highest BCUT2D eigenvalue weighted by Crippen LogP contribution is 2.38. The molecule has 4 aromatic rings. The molecular weight excluding hydrogens is 469 g/mol. The maximum Gasteiger partial charge on any atom is 0.318 e. The van der Waals surface area contributed by atoms with Gasteiger partial charge in [0.25, 0.3) is 0 Å². The highest BCUT2D eigenvalue weighted by Gasteiger charge is 2.33. The first-order valence-corrected chi connectivity index (χ1v) is 11.5. The standard InChI is InChI=1S/C26H23ClFN5O2/c1-4-20(34)32(2)14-16-11-12-33(16)25-18-13-29-23(22(28)24(18)30-26(31-25)35-3)17-9-5-7-15-8-6-10-19(27)21(15)17/h4-10,13,16H,1,11-12,14H2,2-3H3. The van der Waals surface area contributed by atoms with Gasteiger partial charge in [0, 0.05) is 48.3 Å². The largest absolute Gasteiger partial charge is 0.467 e. The molecule has 2 aromatic carbocycles. The zero-order chi connectivity index (χ0) is 24.7. The summed E-state index contributed by atoms with van der Waals surface area (Å²) < 4.78 is 21.3. The van der Waals surface area contributed by atoms with Crippen LogP contribution in [-0.4, -0.2) is 59.0 Å². The van der Waals surface area contributed by atoms with E-state index in [2.05, 4.69) is 21.5 Å². The Morgan fingerprint density at radius 2 is 2.09 bits per heavy atom. The Bertz CT molecular complexity index is 1470. The van der Waals surface area contributed by atoms with Gasteiger partial charge in [0.2, 0.25) is 5.91 Å². The quantitative estimate of drug-likeness (QED) is 0.358. The number of halogens is 2. The van der Waals surface area contributed by atoms with Crippen molar-refractivity contribution in [2.24, 2.45) is 0 Å². The molecule has 1 unspecified atom stereocenters. The lowest BCUT2D eigenvalue weighted by Crippen LogP contribution is -2.54. The number of rotatable bonds is 6. The molecule has 1 saturated heterocycles. The topological polar surface area (TPSA) is 71.5 Å². The van der Waals surface area contributed by atoms with Crippen molar-refractivity contribution in [3.8, 4) is 17.3 Å². The predicted octanol–water partition coefficient (Wildman–Crippen LogP) is 4.87. The average molecular weight is 492 g/mol. The van der Waals surface area contributed by atoms with Crippen LogP contribution >= 0.6 is 11.6 Å². The number of hydrogen-bond donors (Lipinski definition) is 0. The van der Waals surface area contributed by atoms with E-state index in [1.165, 1.54) is 13.2 Å². The van der Waals surface area contributed by atoms with Gasteiger partial charge in [-0.2, -0.15) is 9.97 Å². The number of amides is 1. The van der Waals surface area contributed by atoms with Crippen LogP contribution in [0.5, 0.6) is 6.01 Å². The summed E-state index contributed by atoms with van der Waals surface area (Å²) in [6.45, 7) is 4.73. The number of carbonyl (C=O) groups excluding carboxylic acids is 1. The van der Waals surface area contributed by atoms with E-state index in [4.69, 9.17) is 16.3 Å². The minimum absolute atomic E-state index is 0.0197. The van der Waals surface area contributed by atoms with Crippen molar-refractivity contribution in [1.82, 2.24) is 19.9 Å². The third kappa shape index (κ3) is 3.93. The van der Waals surface area contributed by atoms with Crippen LogP contribution in [0, 0.1) is 5.82 Å². The summed E-state index contributed by atoms with van der Waals surface area (Å²) in [5, 5.41) is 2.60. The molecule has 1 atom stereocenters. The molecule has 0 radical (unpaired) electrons. The zero-order valence-corrected chi connectivity index (χ0v) is 20.1. The van der Waals surface area contributed by atoms with E-state index >= 15 is 4.39 Å². The second kappa shape index (κ2) is 9.11. The molecule has 1 aliphatic heterocycles. The zero-order valence-electron chi connectivity index (χ0n) is 19.3. The Kier molecular flexibility index (Phi) is 5.98. The molecule has 1 fully saturated rings. The maximum atomic E-state index is 16.0. The lowest BCUT2D eigenvalue weighted by Gasteiger charge is -2.43. The van der Waals surface area contributed by atoms with Crippen molar-refractivity contribution in [1.29, 1.82) is 0 Å². The monoisotopic (exact) mass is 491 g/mol. The summed E-state index contributed by atoms with van der Waals surface area (Å²) in [6, 6.07) is 11.2. The van der Waals surface area contributed by atoms with E-state index < -0.39 is 5.82 Å². The summed E-state index contributed by atoms with van der Waals surface area (Å²) >= 11 is 6.48. The van der Waals surface area contributed by atoms with Crippen LogP contribution in [0.25, 0.3) is 32.9 Å². The van der Waals surface area contributed by atoms with Crippen LogP contribution in [0.4, 0.5) is 10.2 Å². The highest BCUT2D eigenvalue weighted by atomic mass is 35.5. The van der Waals surface area contributed by atoms with Crippen LogP contribution in [-0.2, 0) is 4.79 Å². The van der Waals surface area contributed by atoms with Crippen LogP contribution in [0.2, 0.25) is 5.02 Å². The second-order valence-corrected chi connectivity index (χ2v) is 8.83. The van der Waals surface area contributed by atoms with E-state index in [9.17, 15) is 4.79 Å².